The molecule has 0 aromatic heterocycles. The minimum atomic E-state index is -0.608. The molecule has 0 saturated carbocycles. The van der Waals surface area contributed by atoms with Gasteiger partial charge < -0.3 is 10.2 Å². The Morgan fingerprint density at radius 2 is 1.62 bits per heavy atom. The third kappa shape index (κ3) is 6.30. The molecule has 3 aromatic carbocycles. The predicted molar refractivity (Wildman–Crippen MR) is 132 cm³/mol. The zero-order valence-electron chi connectivity index (χ0n) is 18.8. The van der Waals surface area contributed by atoms with Crippen LogP contribution in [0.15, 0.2) is 77.3 Å². The number of likely N-dealkylation sites (N-methyl/N-ethyl adjacent to an activating group) is 1. The lowest BCUT2D eigenvalue weighted by Gasteiger charge is -2.31. The molecule has 1 N–H and O–H groups in total. The Morgan fingerprint density at radius 1 is 0.938 bits per heavy atom. The van der Waals surface area contributed by atoms with Gasteiger partial charge in [0.2, 0.25) is 11.8 Å². The molecule has 4 nitrogen and oxygen atoms in total. The molecule has 0 saturated heterocycles. The zero-order valence-corrected chi connectivity index (χ0v) is 20.4. The normalized spacial score (nSPS) is 11.6. The Morgan fingerprint density at radius 3 is 2.28 bits per heavy atom. The molecule has 166 valence electrons. The van der Waals surface area contributed by atoms with Gasteiger partial charge in [0.15, 0.2) is 0 Å². The highest BCUT2D eigenvalue weighted by Gasteiger charge is 2.30. The standard InChI is InChI=1S/C27H29BrN2O2/c1-19-9-10-20(2)23(15-19)17-26(31)30(18-22-11-13-24(28)14-12-22)25(27(32)29-3)16-21-7-5-4-6-8-21/h4-15,25H,16-18H2,1-3H3,(H,29,32). The molecule has 0 aliphatic heterocycles. The SMILES string of the molecule is CNC(=O)C(Cc1ccccc1)N(Cc1ccc(Br)cc1)C(=O)Cc1cc(C)ccc1C. The lowest BCUT2D eigenvalue weighted by molar-refractivity contribution is -0.140. The molecule has 0 heterocycles. The van der Waals surface area contributed by atoms with E-state index in [-0.39, 0.29) is 18.2 Å². The summed E-state index contributed by atoms with van der Waals surface area (Å²) in [5.41, 5.74) is 5.18. The van der Waals surface area contributed by atoms with Crippen molar-refractivity contribution in [2.45, 2.75) is 39.3 Å². The van der Waals surface area contributed by atoms with Gasteiger partial charge in [-0.1, -0.05) is 82.2 Å². The monoisotopic (exact) mass is 492 g/mol. The number of nitrogens with one attached hydrogen (secondary N) is 1. The van der Waals surface area contributed by atoms with E-state index in [2.05, 4.69) is 27.3 Å². The van der Waals surface area contributed by atoms with E-state index in [9.17, 15) is 9.59 Å². The predicted octanol–water partition coefficient (Wildman–Crippen LogP) is 4.99. The van der Waals surface area contributed by atoms with Gasteiger partial charge in [-0.2, -0.15) is 0 Å². The van der Waals surface area contributed by atoms with Crippen LogP contribution in [0.4, 0.5) is 0 Å². The largest absolute Gasteiger partial charge is 0.357 e. The molecule has 0 radical (unpaired) electrons. The van der Waals surface area contributed by atoms with Crippen LogP contribution < -0.4 is 5.32 Å². The fourth-order valence-corrected chi connectivity index (χ4v) is 4.03. The highest BCUT2D eigenvalue weighted by Crippen LogP contribution is 2.19. The van der Waals surface area contributed by atoms with Crippen molar-refractivity contribution in [2.24, 2.45) is 0 Å². The van der Waals surface area contributed by atoms with Gasteiger partial charge in [-0.05, 0) is 48.2 Å². The molecular formula is C27H29BrN2O2. The van der Waals surface area contributed by atoms with Gasteiger partial charge >= 0.3 is 0 Å². The molecule has 2 amide bonds. The Kier molecular flexibility index (Phi) is 8.23. The minimum Gasteiger partial charge on any atom is -0.357 e. The molecule has 0 bridgehead atoms. The van der Waals surface area contributed by atoms with Gasteiger partial charge in [-0.3, -0.25) is 9.59 Å². The van der Waals surface area contributed by atoms with Crippen LogP contribution in [0.2, 0.25) is 0 Å². The third-order valence-electron chi connectivity index (χ3n) is 5.63. The number of halogens is 1. The second-order valence-corrected chi connectivity index (χ2v) is 8.99. The van der Waals surface area contributed by atoms with E-state index in [1.165, 1.54) is 0 Å². The van der Waals surface area contributed by atoms with E-state index in [4.69, 9.17) is 0 Å². The van der Waals surface area contributed by atoms with Gasteiger partial charge in [0.1, 0.15) is 6.04 Å². The summed E-state index contributed by atoms with van der Waals surface area (Å²) in [7, 11) is 1.62. The van der Waals surface area contributed by atoms with Crippen LogP contribution in [-0.4, -0.2) is 29.8 Å². The minimum absolute atomic E-state index is 0.0638. The van der Waals surface area contributed by atoms with Crippen molar-refractivity contribution in [3.63, 3.8) is 0 Å². The summed E-state index contributed by atoms with van der Waals surface area (Å²) in [6.45, 7) is 4.40. The molecule has 3 aromatic rings. The maximum Gasteiger partial charge on any atom is 0.242 e. The van der Waals surface area contributed by atoms with Gasteiger partial charge in [-0.15, -0.1) is 0 Å². The van der Waals surface area contributed by atoms with Crippen LogP contribution in [0, 0.1) is 13.8 Å². The number of rotatable bonds is 8. The van der Waals surface area contributed by atoms with Crippen molar-refractivity contribution in [1.29, 1.82) is 0 Å². The maximum atomic E-state index is 13.6. The van der Waals surface area contributed by atoms with Crippen molar-refractivity contribution in [3.8, 4) is 0 Å². The molecule has 0 fully saturated rings. The second-order valence-electron chi connectivity index (χ2n) is 8.07. The van der Waals surface area contributed by atoms with Gasteiger partial charge in [-0.25, -0.2) is 0 Å². The first-order chi connectivity index (χ1) is 15.4. The number of nitrogens with zero attached hydrogens (tertiary/aromatic N) is 1. The lowest BCUT2D eigenvalue weighted by Crippen LogP contribution is -2.50. The summed E-state index contributed by atoms with van der Waals surface area (Å²) in [5.74, 6) is -0.230. The van der Waals surface area contributed by atoms with Crippen molar-refractivity contribution in [2.75, 3.05) is 7.05 Å². The highest BCUT2D eigenvalue weighted by atomic mass is 79.9. The Labute approximate surface area is 198 Å². The number of hydrogen-bond acceptors (Lipinski definition) is 2. The fourth-order valence-electron chi connectivity index (χ4n) is 3.76. The lowest BCUT2D eigenvalue weighted by atomic mass is 9.99. The summed E-state index contributed by atoms with van der Waals surface area (Å²) >= 11 is 3.46. The molecule has 3 rings (SSSR count). The Bertz CT molecular complexity index is 1060. The molecule has 0 aliphatic rings. The molecule has 1 unspecified atom stereocenters. The first-order valence-corrected chi connectivity index (χ1v) is 11.5. The van der Waals surface area contributed by atoms with Crippen LogP contribution in [0.1, 0.15) is 27.8 Å². The van der Waals surface area contributed by atoms with E-state index in [0.29, 0.717) is 13.0 Å². The first-order valence-electron chi connectivity index (χ1n) is 10.7. The highest BCUT2D eigenvalue weighted by molar-refractivity contribution is 9.10. The summed E-state index contributed by atoms with van der Waals surface area (Å²) in [6, 6.07) is 23.2. The van der Waals surface area contributed by atoms with E-state index in [1.807, 2.05) is 80.6 Å². The molecule has 0 aliphatic carbocycles. The van der Waals surface area contributed by atoms with E-state index >= 15 is 0 Å². The summed E-state index contributed by atoms with van der Waals surface area (Å²) in [4.78, 5) is 28.3. The van der Waals surface area contributed by atoms with Crippen LogP contribution in [0.25, 0.3) is 0 Å². The number of carbonyl (C=O) groups excluding carboxylic acids is 2. The molecule has 32 heavy (non-hydrogen) atoms. The van der Waals surface area contributed by atoms with Crippen molar-refractivity contribution in [3.05, 3.63) is 105 Å². The number of benzene rings is 3. The van der Waals surface area contributed by atoms with Gasteiger partial charge in [0.05, 0.1) is 6.42 Å². The van der Waals surface area contributed by atoms with Crippen molar-refractivity contribution >= 4 is 27.7 Å². The third-order valence-corrected chi connectivity index (χ3v) is 6.16. The Balaban J connectivity index is 1.96. The average molecular weight is 493 g/mol. The van der Waals surface area contributed by atoms with Crippen molar-refractivity contribution < 1.29 is 9.59 Å². The maximum absolute atomic E-state index is 13.6. The van der Waals surface area contributed by atoms with Crippen molar-refractivity contribution in [1.82, 2.24) is 10.2 Å². The van der Waals surface area contributed by atoms with Crippen LogP contribution in [0.5, 0.6) is 0 Å². The number of hydrogen-bond donors (Lipinski definition) is 1. The van der Waals surface area contributed by atoms with E-state index < -0.39 is 6.04 Å². The van der Waals surface area contributed by atoms with Crippen LogP contribution in [-0.2, 0) is 29.0 Å². The van der Waals surface area contributed by atoms with E-state index in [1.54, 1.807) is 11.9 Å². The first kappa shape index (κ1) is 23.7. The quantitative estimate of drug-likeness (QED) is 0.481. The summed E-state index contributed by atoms with van der Waals surface area (Å²) in [5, 5.41) is 2.76. The van der Waals surface area contributed by atoms with Crippen LogP contribution in [0.3, 0.4) is 0 Å². The summed E-state index contributed by atoms with van der Waals surface area (Å²) < 4.78 is 0.974. The second kappa shape index (κ2) is 11.1. The number of aryl methyl sites for hydroxylation is 2. The number of amides is 2. The number of carbonyl (C=O) groups is 2. The fraction of sp³-hybridized carbons (Fsp3) is 0.259. The molecular weight excluding hydrogens is 464 g/mol. The topological polar surface area (TPSA) is 49.4 Å². The average Bonchev–Trinajstić information content (AvgIpc) is 2.80. The molecule has 1 atom stereocenters. The van der Waals surface area contributed by atoms with Gasteiger partial charge in [0, 0.05) is 24.5 Å². The van der Waals surface area contributed by atoms with E-state index in [0.717, 1.165) is 32.3 Å². The summed E-state index contributed by atoms with van der Waals surface area (Å²) in [6.07, 6.45) is 0.710. The smallest absolute Gasteiger partial charge is 0.242 e. The molecule has 0 spiro atoms. The molecule has 5 heteroatoms. The zero-order chi connectivity index (χ0) is 23.1. The Hall–Kier alpha value is -2.92. The van der Waals surface area contributed by atoms with Gasteiger partial charge in [0.25, 0.3) is 0 Å². The van der Waals surface area contributed by atoms with Crippen LogP contribution >= 0.6 is 15.9 Å².